The number of morpholine rings is 1. The van der Waals surface area contributed by atoms with Crippen LogP contribution in [-0.4, -0.2) is 61.1 Å². The molecular weight excluding hydrogens is 276 g/mol. The van der Waals surface area contributed by atoms with Gasteiger partial charge in [0.25, 0.3) is 0 Å². The third kappa shape index (κ3) is 5.71. The van der Waals surface area contributed by atoms with Crippen molar-refractivity contribution in [3.63, 3.8) is 0 Å². The summed E-state index contributed by atoms with van der Waals surface area (Å²) >= 11 is 0. The maximum absolute atomic E-state index is 12.2. The number of esters is 1. The van der Waals surface area contributed by atoms with Crippen LogP contribution in [0, 0.1) is 0 Å². The molecule has 0 aromatic heterocycles. The molecule has 1 unspecified atom stereocenters. The summed E-state index contributed by atoms with van der Waals surface area (Å²) < 4.78 is 10.4. The summed E-state index contributed by atoms with van der Waals surface area (Å²) in [7, 11) is 1.51. The molecule has 1 aliphatic rings. The Hall–Kier alpha value is -1.63. The number of rotatable bonds is 4. The minimum absolute atomic E-state index is 0.00786. The van der Waals surface area contributed by atoms with E-state index in [4.69, 9.17) is 9.47 Å². The van der Waals surface area contributed by atoms with Crippen molar-refractivity contribution in [1.29, 1.82) is 0 Å². The van der Waals surface area contributed by atoms with E-state index >= 15 is 0 Å². The van der Waals surface area contributed by atoms with Gasteiger partial charge in [-0.3, -0.25) is 14.4 Å². The Labute approximate surface area is 124 Å². The Balaban J connectivity index is 2.53. The van der Waals surface area contributed by atoms with E-state index < -0.39 is 17.6 Å². The molecule has 1 saturated heterocycles. The lowest BCUT2D eigenvalue weighted by atomic mass is 10.1. The van der Waals surface area contributed by atoms with E-state index in [0.717, 1.165) is 0 Å². The zero-order valence-corrected chi connectivity index (χ0v) is 13.1. The molecule has 7 nitrogen and oxygen atoms in total. The number of amides is 2. The van der Waals surface area contributed by atoms with Gasteiger partial charge in [0.1, 0.15) is 11.6 Å². The lowest BCUT2D eigenvalue weighted by molar-refractivity contribution is -0.157. The second-order valence-electron chi connectivity index (χ2n) is 5.88. The van der Waals surface area contributed by atoms with E-state index in [1.54, 1.807) is 20.8 Å². The summed E-state index contributed by atoms with van der Waals surface area (Å²) in [5.41, 5.74) is -0.566. The van der Waals surface area contributed by atoms with Crippen LogP contribution in [-0.2, 0) is 23.9 Å². The molecule has 0 radical (unpaired) electrons. The molecule has 1 heterocycles. The SMILES string of the molecule is CNC(=O)C1COCCN1C(=O)CCC(=O)OC(C)(C)C. The molecule has 120 valence electrons. The number of carbonyl (C=O) groups excluding carboxylic acids is 3. The van der Waals surface area contributed by atoms with E-state index in [1.165, 1.54) is 11.9 Å². The number of nitrogens with zero attached hydrogens (tertiary/aromatic N) is 1. The van der Waals surface area contributed by atoms with Gasteiger partial charge in [-0.1, -0.05) is 0 Å². The second-order valence-corrected chi connectivity index (χ2v) is 5.88. The summed E-state index contributed by atoms with van der Waals surface area (Å²) in [6, 6.07) is -0.630. The van der Waals surface area contributed by atoms with E-state index in [9.17, 15) is 14.4 Å². The van der Waals surface area contributed by atoms with E-state index in [1.807, 2.05) is 0 Å². The number of nitrogens with one attached hydrogen (secondary N) is 1. The Bertz CT molecular complexity index is 403. The van der Waals surface area contributed by atoms with E-state index in [0.29, 0.717) is 13.2 Å². The fourth-order valence-corrected chi connectivity index (χ4v) is 2.03. The summed E-state index contributed by atoms with van der Waals surface area (Å²) in [6.45, 7) is 6.25. The van der Waals surface area contributed by atoms with Gasteiger partial charge in [-0.25, -0.2) is 0 Å². The van der Waals surface area contributed by atoms with Gasteiger partial charge >= 0.3 is 5.97 Å². The van der Waals surface area contributed by atoms with Crippen molar-refractivity contribution < 1.29 is 23.9 Å². The molecule has 0 saturated carbocycles. The van der Waals surface area contributed by atoms with Crippen molar-refractivity contribution in [3.8, 4) is 0 Å². The molecule has 21 heavy (non-hydrogen) atoms. The lowest BCUT2D eigenvalue weighted by Crippen LogP contribution is -2.55. The first kappa shape index (κ1) is 17.4. The average Bonchev–Trinajstić information content (AvgIpc) is 2.42. The van der Waals surface area contributed by atoms with Gasteiger partial charge in [-0.05, 0) is 20.8 Å². The maximum Gasteiger partial charge on any atom is 0.306 e. The van der Waals surface area contributed by atoms with Crippen LogP contribution in [0.2, 0.25) is 0 Å². The topological polar surface area (TPSA) is 84.9 Å². The van der Waals surface area contributed by atoms with Gasteiger partial charge in [-0.2, -0.15) is 0 Å². The highest BCUT2D eigenvalue weighted by Gasteiger charge is 2.32. The van der Waals surface area contributed by atoms with Crippen LogP contribution in [0.1, 0.15) is 33.6 Å². The van der Waals surface area contributed by atoms with Crippen LogP contribution in [0.3, 0.4) is 0 Å². The Morgan fingerprint density at radius 3 is 2.52 bits per heavy atom. The first-order valence-electron chi connectivity index (χ1n) is 7.05. The van der Waals surface area contributed by atoms with Crippen molar-refractivity contribution >= 4 is 17.8 Å². The van der Waals surface area contributed by atoms with Crippen LogP contribution < -0.4 is 5.32 Å². The van der Waals surface area contributed by atoms with Gasteiger partial charge in [0.15, 0.2) is 0 Å². The Kier molecular flexibility index (Phi) is 6.14. The van der Waals surface area contributed by atoms with Gasteiger partial charge in [0.05, 0.1) is 19.6 Å². The smallest absolute Gasteiger partial charge is 0.306 e. The third-order valence-corrected chi connectivity index (χ3v) is 2.96. The van der Waals surface area contributed by atoms with E-state index in [2.05, 4.69) is 5.32 Å². The molecule has 1 fully saturated rings. The van der Waals surface area contributed by atoms with Crippen molar-refractivity contribution in [3.05, 3.63) is 0 Å². The number of likely N-dealkylation sites (N-methyl/N-ethyl adjacent to an activating group) is 1. The first-order chi connectivity index (χ1) is 9.74. The van der Waals surface area contributed by atoms with Crippen LogP contribution in [0.4, 0.5) is 0 Å². The standard InChI is InChI=1S/C14H24N2O5/c1-14(2,3)21-12(18)6-5-11(17)16-7-8-20-9-10(16)13(19)15-4/h10H,5-9H2,1-4H3,(H,15,19). The average molecular weight is 300 g/mol. The van der Waals surface area contributed by atoms with Gasteiger partial charge < -0.3 is 19.7 Å². The Morgan fingerprint density at radius 1 is 1.29 bits per heavy atom. The molecule has 0 bridgehead atoms. The molecule has 1 rings (SSSR count). The summed E-state index contributed by atoms with van der Waals surface area (Å²) in [6.07, 6.45) is 0.0380. The van der Waals surface area contributed by atoms with Crippen molar-refractivity contribution in [2.45, 2.75) is 45.3 Å². The molecule has 0 spiro atoms. The van der Waals surface area contributed by atoms with Crippen LogP contribution in [0.5, 0.6) is 0 Å². The molecule has 7 heteroatoms. The number of hydrogen-bond acceptors (Lipinski definition) is 5. The third-order valence-electron chi connectivity index (χ3n) is 2.96. The first-order valence-corrected chi connectivity index (χ1v) is 7.05. The van der Waals surface area contributed by atoms with Crippen LogP contribution in [0.15, 0.2) is 0 Å². The zero-order valence-electron chi connectivity index (χ0n) is 13.1. The normalized spacial score (nSPS) is 19.0. The lowest BCUT2D eigenvalue weighted by Gasteiger charge is -2.34. The molecule has 2 amide bonds. The quantitative estimate of drug-likeness (QED) is 0.743. The predicted octanol–water partition coefficient (Wildman–Crippen LogP) is 0.0817. The fraction of sp³-hybridized carbons (Fsp3) is 0.786. The minimum atomic E-state index is -0.630. The molecule has 1 atom stereocenters. The zero-order chi connectivity index (χ0) is 16.0. The van der Waals surface area contributed by atoms with Crippen LogP contribution in [0.25, 0.3) is 0 Å². The van der Waals surface area contributed by atoms with Crippen molar-refractivity contribution in [2.24, 2.45) is 0 Å². The highest BCUT2D eigenvalue weighted by Crippen LogP contribution is 2.13. The largest absolute Gasteiger partial charge is 0.460 e. The van der Waals surface area contributed by atoms with Crippen molar-refractivity contribution in [1.82, 2.24) is 10.2 Å². The molecule has 1 aliphatic heterocycles. The van der Waals surface area contributed by atoms with Gasteiger partial charge in [0.2, 0.25) is 11.8 Å². The molecule has 0 aliphatic carbocycles. The monoisotopic (exact) mass is 300 g/mol. The second kappa shape index (κ2) is 7.40. The van der Waals surface area contributed by atoms with Gasteiger partial charge in [-0.15, -0.1) is 0 Å². The predicted molar refractivity (Wildman–Crippen MR) is 75.5 cm³/mol. The number of ether oxygens (including phenoxy) is 2. The van der Waals surface area contributed by atoms with Crippen molar-refractivity contribution in [2.75, 3.05) is 26.8 Å². The fourth-order valence-electron chi connectivity index (χ4n) is 2.03. The van der Waals surface area contributed by atoms with Gasteiger partial charge in [0, 0.05) is 20.0 Å². The summed E-state index contributed by atoms with van der Waals surface area (Å²) in [5, 5.41) is 2.51. The minimum Gasteiger partial charge on any atom is -0.460 e. The molecular formula is C14H24N2O5. The summed E-state index contributed by atoms with van der Waals surface area (Å²) in [4.78, 5) is 37.0. The van der Waals surface area contributed by atoms with Crippen LogP contribution >= 0.6 is 0 Å². The number of hydrogen-bond donors (Lipinski definition) is 1. The number of carbonyl (C=O) groups is 3. The van der Waals surface area contributed by atoms with E-state index in [-0.39, 0.29) is 31.3 Å². The highest BCUT2D eigenvalue weighted by atomic mass is 16.6. The summed E-state index contributed by atoms with van der Waals surface area (Å²) in [5.74, 6) is -0.918. The Morgan fingerprint density at radius 2 is 1.95 bits per heavy atom. The molecule has 1 N–H and O–H groups in total. The molecule has 0 aromatic rings. The maximum atomic E-state index is 12.2. The highest BCUT2D eigenvalue weighted by molar-refractivity contribution is 5.89. The molecule has 0 aromatic carbocycles.